The molecular formula is C6H5Cl3S. The van der Waals surface area contributed by atoms with Crippen LogP contribution in [0.3, 0.4) is 0 Å². The molecule has 0 aliphatic rings. The number of alkyl halides is 1. The fourth-order valence-corrected chi connectivity index (χ4v) is 2.39. The zero-order chi connectivity index (χ0) is 7.56. The molecule has 1 aromatic rings. The van der Waals surface area contributed by atoms with Crippen molar-refractivity contribution in [3.63, 3.8) is 0 Å². The molecule has 0 saturated heterocycles. The third-order valence-electron chi connectivity index (χ3n) is 1.09. The zero-order valence-corrected chi connectivity index (χ0v) is 8.12. The van der Waals surface area contributed by atoms with Gasteiger partial charge in [0.05, 0.1) is 8.67 Å². The molecule has 0 radical (unpaired) electrons. The first kappa shape index (κ1) is 8.66. The molecular weight excluding hydrogens is 210 g/mol. The van der Waals surface area contributed by atoms with Gasteiger partial charge in [0.25, 0.3) is 0 Å². The summed E-state index contributed by atoms with van der Waals surface area (Å²) < 4.78 is 1.48. The lowest BCUT2D eigenvalue weighted by atomic mass is 10.3. The lowest BCUT2D eigenvalue weighted by Gasteiger charge is -1.89. The van der Waals surface area contributed by atoms with Crippen LogP contribution >= 0.6 is 46.1 Å². The Bertz CT molecular complexity index is 219. The van der Waals surface area contributed by atoms with E-state index in [1.54, 1.807) is 0 Å². The monoisotopic (exact) mass is 214 g/mol. The van der Waals surface area contributed by atoms with Crippen molar-refractivity contribution in [2.75, 3.05) is 5.88 Å². The second-order valence-electron chi connectivity index (χ2n) is 1.79. The molecule has 1 rings (SSSR count). The van der Waals surface area contributed by atoms with E-state index in [9.17, 15) is 0 Å². The van der Waals surface area contributed by atoms with E-state index in [1.807, 2.05) is 6.07 Å². The van der Waals surface area contributed by atoms with Crippen LogP contribution in [0.15, 0.2) is 6.07 Å². The highest BCUT2D eigenvalue weighted by atomic mass is 35.5. The maximum atomic E-state index is 5.80. The van der Waals surface area contributed by atoms with Crippen molar-refractivity contribution in [2.24, 2.45) is 0 Å². The smallest absolute Gasteiger partial charge is 0.0976 e. The molecule has 0 fully saturated rings. The van der Waals surface area contributed by atoms with Gasteiger partial charge in [0.2, 0.25) is 0 Å². The van der Waals surface area contributed by atoms with E-state index >= 15 is 0 Å². The summed E-state index contributed by atoms with van der Waals surface area (Å²) in [6.45, 7) is 0. The highest BCUT2D eigenvalue weighted by Gasteiger charge is 2.03. The van der Waals surface area contributed by atoms with Gasteiger partial charge in [0.15, 0.2) is 0 Å². The average Bonchev–Trinajstić information content (AvgIpc) is 2.13. The molecule has 0 unspecified atom stereocenters. The molecule has 0 spiro atoms. The molecule has 10 heavy (non-hydrogen) atoms. The normalized spacial score (nSPS) is 10.3. The first-order chi connectivity index (χ1) is 4.74. The van der Waals surface area contributed by atoms with Gasteiger partial charge in [-0.2, -0.15) is 0 Å². The predicted molar refractivity (Wildman–Crippen MR) is 48.8 cm³/mol. The molecule has 0 amide bonds. The minimum Gasteiger partial charge on any atom is -0.126 e. The molecule has 0 atom stereocenters. The maximum absolute atomic E-state index is 5.80. The SMILES string of the molecule is ClCCc1cc(Cl)sc1Cl. The summed E-state index contributed by atoms with van der Waals surface area (Å²) in [7, 11) is 0. The number of aryl methyl sites for hydroxylation is 1. The van der Waals surface area contributed by atoms with Gasteiger partial charge in [-0.25, -0.2) is 0 Å². The fourth-order valence-electron chi connectivity index (χ4n) is 0.647. The summed E-state index contributed by atoms with van der Waals surface area (Å²) in [6.07, 6.45) is 0.795. The molecule has 0 N–H and O–H groups in total. The van der Waals surface area contributed by atoms with Gasteiger partial charge in [0, 0.05) is 5.88 Å². The summed E-state index contributed by atoms with van der Waals surface area (Å²) >= 11 is 18.4. The van der Waals surface area contributed by atoms with E-state index in [1.165, 1.54) is 11.3 Å². The average molecular weight is 216 g/mol. The number of halogens is 3. The second-order valence-corrected chi connectivity index (χ2v) is 4.45. The molecule has 0 nitrogen and oxygen atoms in total. The van der Waals surface area contributed by atoms with Crippen LogP contribution in [0.1, 0.15) is 5.56 Å². The molecule has 0 saturated carbocycles. The molecule has 0 aliphatic carbocycles. The Balaban J connectivity index is 2.81. The highest BCUT2D eigenvalue weighted by Crippen LogP contribution is 2.31. The van der Waals surface area contributed by atoms with Gasteiger partial charge in [-0.05, 0) is 18.1 Å². The van der Waals surface area contributed by atoms with Crippen molar-refractivity contribution >= 4 is 46.1 Å². The second kappa shape index (κ2) is 3.82. The van der Waals surface area contributed by atoms with Gasteiger partial charge in [0.1, 0.15) is 0 Å². The quantitative estimate of drug-likeness (QED) is 0.658. The van der Waals surface area contributed by atoms with Crippen molar-refractivity contribution < 1.29 is 0 Å². The zero-order valence-electron chi connectivity index (χ0n) is 5.03. The number of thiophene rings is 1. The van der Waals surface area contributed by atoms with Crippen molar-refractivity contribution in [2.45, 2.75) is 6.42 Å². The van der Waals surface area contributed by atoms with Crippen LogP contribution in [0.4, 0.5) is 0 Å². The van der Waals surface area contributed by atoms with Gasteiger partial charge in [-0.1, -0.05) is 23.2 Å². The van der Waals surface area contributed by atoms with E-state index in [2.05, 4.69) is 0 Å². The third-order valence-corrected chi connectivity index (χ3v) is 2.85. The minimum absolute atomic E-state index is 0.590. The summed E-state index contributed by atoms with van der Waals surface area (Å²) in [4.78, 5) is 0. The third kappa shape index (κ3) is 2.03. The van der Waals surface area contributed by atoms with E-state index < -0.39 is 0 Å². The Morgan fingerprint density at radius 1 is 1.40 bits per heavy atom. The van der Waals surface area contributed by atoms with Crippen molar-refractivity contribution in [3.8, 4) is 0 Å². The van der Waals surface area contributed by atoms with Crippen LogP contribution in [-0.2, 0) is 6.42 Å². The molecule has 1 heterocycles. The Hall–Kier alpha value is 0.570. The van der Waals surface area contributed by atoms with Crippen molar-refractivity contribution in [1.29, 1.82) is 0 Å². The molecule has 56 valence electrons. The van der Waals surface area contributed by atoms with Crippen LogP contribution in [-0.4, -0.2) is 5.88 Å². The standard InChI is InChI=1S/C6H5Cl3S/c7-2-1-4-3-5(8)10-6(4)9/h3H,1-2H2. The lowest BCUT2D eigenvalue weighted by molar-refractivity contribution is 1.17. The minimum atomic E-state index is 0.590. The summed E-state index contributed by atoms with van der Waals surface area (Å²) in [6, 6.07) is 1.86. The highest BCUT2D eigenvalue weighted by molar-refractivity contribution is 7.20. The van der Waals surface area contributed by atoms with Gasteiger partial charge >= 0.3 is 0 Å². The topological polar surface area (TPSA) is 0 Å². The molecule has 0 aliphatic heterocycles. The Kier molecular flexibility index (Phi) is 3.31. The fraction of sp³-hybridized carbons (Fsp3) is 0.333. The Morgan fingerprint density at radius 3 is 2.50 bits per heavy atom. The first-order valence-corrected chi connectivity index (χ1v) is 4.84. The summed E-state index contributed by atoms with van der Waals surface area (Å²) in [5.74, 6) is 0.590. The van der Waals surface area contributed by atoms with E-state index in [0.717, 1.165) is 20.7 Å². The van der Waals surface area contributed by atoms with Crippen molar-refractivity contribution in [3.05, 3.63) is 20.3 Å². The number of hydrogen-bond acceptors (Lipinski definition) is 1. The van der Waals surface area contributed by atoms with Crippen molar-refractivity contribution in [1.82, 2.24) is 0 Å². The van der Waals surface area contributed by atoms with Gasteiger partial charge in [-0.3, -0.25) is 0 Å². The maximum Gasteiger partial charge on any atom is 0.0976 e. The summed E-state index contributed by atoms with van der Waals surface area (Å²) in [5.41, 5.74) is 1.05. The summed E-state index contributed by atoms with van der Waals surface area (Å²) in [5, 5.41) is 0. The van der Waals surface area contributed by atoms with Crippen LogP contribution < -0.4 is 0 Å². The molecule has 0 aromatic carbocycles. The lowest BCUT2D eigenvalue weighted by Crippen LogP contribution is -1.80. The van der Waals surface area contributed by atoms with Gasteiger partial charge in [-0.15, -0.1) is 22.9 Å². The van der Waals surface area contributed by atoms with E-state index in [-0.39, 0.29) is 0 Å². The van der Waals surface area contributed by atoms with Crippen LogP contribution in [0.5, 0.6) is 0 Å². The van der Waals surface area contributed by atoms with E-state index in [0.29, 0.717) is 5.88 Å². The van der Waals surface area contributed by atoms with E-state index in [4.69, 9.17) is 34.8 Å². The Morgan fingerprint density at radius 2 is 2.10 bits per heavy atom. The van der Waals surface area contributed by atoms with Gasteiger partial charge < -0.3 is 0 Å². The number of rotatable bonds is 2. The molecule has 1 aromatic heterocycles. The van der Waals surface area contributed by atoms with Crippen LogP contribution in [0, 0.1) is 0 Å². The molecule has 4 heteroatoms. The van der Waals surface area contributed by atoms with Crippen LogP contribution in [0.2, 0.25) is 8.67 Å². The Labute approximate surface area is 78.7 Å². The predicted octanol–water partition coefficient (Wildman–Crippen LogP) is 3.84. The molecule has 0 bridgehead atoms. The van der Waals surface area contributed by atoms with Crippen LogP contribution in [0.25, 0.3) is 0 Å². The first-order valence-electron chi connectivity index (χ1n) is 2.73. The largest absolute Gasteiger partial charge is 0.126 e. The number of hydrogen-bond donors (Lipinski definition) is 0.